The summed E-state index contributed by atoms with van der Waals surface area (Å²) in [7, 11) is 0. The summed E-state index contributed by atoms with van der Waals surface area (Å²) in [5.41, 5.74) is 2.82. The largest absolute Gasteiger partial charge is 0.351 e. The summed E-state index contributed by atoms with van der Waals surface area (Å²) < 4.78 is 3.84. The first kappa shape index (κ1) is 22.1. The highest BCUT2D eigenvalue weighted by atomic mass is 32.1. The summed E-state index contributed by atoms with van der Waals surface area (Å²) in [5.74, 6) is -0.548. The van der Waals surface area contributed by atoms with Crippen molar-refractivity contribution in [3.63, 3.8) is 0 Å². The SMILES string of the molecule is Cc1ccc(CN(C(=O)c2csnn2)[C@@H](C(=O)NC2CCCCC2)c2ccccn2)cc1. The van der Waals surface area contributed by atoms with Gasteiger partial charge in [-0.05, 0) is 49.0 Å². The van der Waals surface area contributed by atoms with Gasteiger partial charge in [0.1, 0.15) is 0 Å². The van der Waals surface area contributed by atoms with E-state index in [9.17, 15) is 9.59 Å². The van der Waals surface area contributed by atoms with E-state index in [1.54, 1.807) is 28.6 Å². The van der Waals surface area contributed by atoms with Gasteiger partial charge in [0.15, 0.2) is 11.7 Å². The van der Waals surface area contributed by atoms with Gasteiger partial charge < -0.3 is 10.2 Å². The van der Waals surface area contributed by atoms with Crippen LogP contribution in [0, 0.1) is 6.92 Å². The maximum Gasteiger partial charge on any atom is 0.276 e. The number of benzene rings is 1. The Morgan fingerprint density at radius 1 is 1.12 bits per heavy atom. The average Bonchev–Trinajstić information content (AvgIpc) is 3.36. The standard InChI is InChI=1S/C24H27N5O2S/c1-17-10-12-18(13-11-17)15-29(24(31)21-16-32-28-27-21)22(20-9-5-6-14-25-20)23(30)26-19-7-3-2-4-8-19/h5-6,9-14,16,19,22H,2-4,7-8,15H2,1H3,(H,26,30)/t22-/m1/s1. The lowest BCUT2D eigenvalue weighted by Crippen LogP contribution is -2.47. The van der Waals surface area contributed by atoms with E-state index >= 15 is 0 Å². The molecule has 1 aromatic carbocycles. The van der Waals surface area contributed by atoms with Crippen LogP contribution in [0.4, 0.5) is 0 Å². The number of nitrogens with zero attached hydrogens (tertiary/aromatic N) is 4. The molecule has 1 atom stereocenters. The molecule has 4 rings (SSSR count). The van der Waals surface area contributed by atoms with E-state index < -0.39 is 6.04 Å². The molecule has 3 aromatic rings. The molecule has 1 aliphatic carbocycles. The quantitative estimate of drug-likeness (QED) is 0.587. The maximum atomic E-state index is 13.6. The molecular weight excluding hydrogens is 422 g/mol. The van der Waals surface area contributed by atoms with E-state index in [2.05, 4.69) is 19.9 Å². The smallest absolute Gasteiger partial charge is 0.276 e. The van der Waals surface area contributed by atoms with Crippen molar-refractivity contribution < 1.29 is 9.59 Å². The number of aryl methyl sites for hydroxylation is 1. The number of nitrogens with one attached hydrogen (secondary N) is 1. The van der Waals surface area contributed by atoms with Crippen molar-refractivity contribution in [2.24, 2.45) is 0 Å². The Hall–Kier alpha value is -3.13. The van der Waals surface area contributed by atoms with Gasteiger partial charge in [0, 0.05) is 24.2 Å². The zero-order valence-electron chi connectivity index (χ0n) is 18.1. The molecule has 1 fully saturated rings. The van der Waals surface area contributed by atoms with Crippen LogP contribution in [-0.2, 0) is 11.3 Å². The van der Waals surface area contributed by atoms with Crippen LogP contribution in [0.3, 0.4) is 0 Å². The molecule has 0 spiro atoms. The Bertz CT molecular complexity index is 1020. The summed E-state index contributed by atoms with van der Waals surface area (Å²) in [5, 5.41) is 8.77. The second-order valence-electron chi connectivity index (χ2n) is 8.21. The molecule has 2 amide bonds. The van der Waals surface area contributed by atoms with E-state index in [-0.39, 0.29) is 30.1 Å². The van der Waals surface area contributed by atoms with Gasteiger partial charge in [-0.15, -0.1) is 5.10 Å². The van der Waals surface area contributed by atoms with Crippen LogP contribution in [0.5, 0.6) is 0 Å². The van der Waals surface area contributed by atoms with Crippen LogP contribution in [0.2, 0.25) is 0 Å². The molecule has 0 radical (unpaired) electrons. The molecular formula is C24H27N5O2S. The van der Waals surface area contributed by atoms with Crippen LogP contribution in [0.1, 0.15) is 65.5 Å². The summed E-state index contributed by atoms with van der Waals surface area (Å²) in [6, 6.07) is 12.6. The molecule has 166 valence electrons. The fourth-order valence-corrected chi connectivity index (χ4v) is 4.51. The molecule has 32 heavy (non-hydrogen) atoms. The number of carbonyl (C=O) groups excluding carboxylic acids is 2. The molecule has 0 saturated heterocycles. The first-order valence-corrected chi connectivity index (χ1v) is 11.8. The Morgan fingerprint density at radius 2 is 1.91 bits per heavy atom. The summed E-state index contributed by atoms with van der Waals surface area (Å²) in [4.78, 5) is 33.1. The average molecular weight is 450 g/mol. The molecule has 8 heteroatoms. The van der Waals surface area contributed by atoms with Gasteiger partial charge in [-0.25, -0.2) is 0 Å². The molecule has 1 N–H and O–H groups in total. The minimum absolute atomic E-state index is 0.125. The first-order valence-electron chi connectivity index (χ1n) is 11.0. The maximum absolute atomic E-state index is 13.6. The lowest BCUT2D eigenvalue weighted by atomic mass is 9.95. The van der Waals surface area contributed by atoms with Gasteiger partial charge in [0.05, 0.1) is 5.69 Å². The first-order chi connectivity index (χ1) is 15.6. The third-order valence-corrected chi connectivity index (χ3v) is 6.30. The van der Waals surface area contributed by atoms with Crippen LogP contribution in [-0.4, -0.2) is 37.3 Å². The van der Waals surface area contributed by atoms with Gasteiger partial charge in [-0.2, -0.15) is 0 Å². The lowest BCUT2D eigenvalue weighted by Gasteiger charge is -2.32. The van der Waals surface area contributed by atoms with Gasteiger partial charge in [0.2, 0.25) is 5.91 Å². The highest BCUT2D eigenvalue weighted by Crippen LogP contribution is 2.26. The Labute approximate surface area is 192 Å². The Morgan fingerprint density at radius 3 is 2.56 bits per heavy atom. The number of hydrogen-bond donors (Lipinski definition) is 1. The van der Waals surface area contributed by atoms with Gasteiger partial charge >= 0.3 is 0 Å². The van der Waals surface area contributed by atoms with Gasteiger partial charge in [-0.3, -0.25) is 14.6 Å². The second kappa shape index (κ2) is 10.5. The van der Waals surface area contributed by atoms with E-state index in [1.807, 2.05) is 37.3 Å². The van der Waals surface area contributed by atoms with Crippen molar-refractivity contribution in [3.05, 3.63) is 76.6 Å². The van der Waals surface area contributed by atoms with Crippen LogP contribution in [0.15, 0.2) is 54.0 Å². The predicted octanol–water partition coefficient (Wildman–Crippen LogP) is 4.07. The molecule has 1 aliphatic rings. The number of carbonyl (C=O) groups is 2. The zero-order chi connectivity index (χ0) is 22.3. The minimum Gasteiger partial charge on any atom is -0.351 e. The highest BCUT2D eigenvalue weighted by Gasteiger charge is 2.35. The van der Waals surface area contributed by atoms with Crippen molar-refractivity contribution in [1.82, 2.24) is 24.8 Å². The number of pyridine rings is 1. The third-order valence-electron chi connectivity index (χ3n) is 5.79. The normalized spacial score (nSPS) is 15.2. The molecule has 0 unspecified atom stereocenters. The summed E-state index contributed by atoms with van der Waals surface area (Å²) in [6.45, 7) is 2.28. The Balaban J connectivity index is 1.70. The van der Waals surface area contributed by atoms with E-state index in [4.69, 9.17) is 0 Å². The zero-order valence-corrected chi connectivity index (χ0v) is 18.9. The highest BCUT2D eigenvalue weighted by molar-refractivity contribution is 7.03. The molecule has 2 aromatic heterocycles. The lowest BCUT2D eigenvalue weighted by molar-refractivity contribution is -0.127. The topological polar surface area (TPSA) is 88.1 Å². The summed E-state index contributed by atoms with van der Waals surface area (Å²) in [6.07, 6.45) is 6.98. The van der Waals surface area contributed by atoms with Crippen LogP contribution >= 0.6 is 11.5 Å². The molecule has 0 aliphatic heterocycles. The van der Waals surface area contributed by atoms with Gasteiger partial charge in [0.25, 0.3) is 5.91 Å². The van der Waals surface area contributed by atoms with Crippen molar-refractivity contribution in [3.8, 4) is 0 Å². The monoisotopic (exact) mass is 449 g/mol. The van der Waals surface area contributed by atoms with E-state index in [1.165, 1.54) is 6.42 Å². The fraction of sp³-hybridized carbons (Fsp3) is 0.375. The van der Waals surface area contributed by atoms with E-state index in [0.717, 1.165) is 48.3 Å². The predicted molar refractivity (Wildman–Crippen MR) is 123 cm³/mol. The van der Waals surface area contributed by atoms with Crippen LogP contribution in [0.25, 0.3) is 0 Å². The second-order valence-corrected chi connectivity index (χ2v) is 8.82. The summed E-state index contributed by atoms with van der Waals surface area (Å²) >= 11 is 1.11. The molecule has 2 heterocycles. The van der Waals surface area contributed by atoms with Crippen molar-refractivity contribution in [1.29, 1.82) is 0 Å². The Kier molecular flexibility index (Phi) is 7.21. The molecule has 0 bridgehead atoms. The van der Waals surface area contributed by atoms with Crippen molar-refractivity contribution in [2.75, 3.05) is 0 Å². The van der Waals surface area contributed by atoms with Crippen molar-refractivity contribution in [2.45, 2.75) is 57.7 Å². The third kappa shape index (κ3) is 5.37. The number of hydrogen-bond acceptors (Lipinski definition) is 6. The van der Waals surface area contributed by atoms with Crippen LogP contribution < -0.4 is 5.32 Å². The fourth-order valence-electron chi connectivity index (χ4n) is 4.08. The molecule has 1 saturated carbocycles. The number of amides is 2. The van der Waals surface area contributed by atoms with E-state index in [0.29, 0.717) is 5.69 Å². The minimum atomic E-state index is -0.867. The van der Waals surface area contributed by atoms with Crippen molar-refractivity contribution >= 4 is 23.3 Å². The number of aromatic nitrogens is 3. The number of rotatable bonds is 7. The molecule has 7 nitrogen and oxygen atoms in total. The van der Waals surface area contributed by atoms with Gasteiger partial charge in [-0.1, -0.05) is 59.6 Å².